The molecule has 8 heteroatoms. The highest BCUT2D eigenvalue weighted by molar-refractivity contribution is 5.94. The number of benzene rings is 1. The van der Waals surface area contributed by atoms with E-state index in [9.17, 15) is 14.4 Å². The van der Waals surface area contributed by atoms with Crippen LogP contribution >= 0.6 is 0 Å². The van der Waals surface area contributed by atoms with Gasteiger partial charge in [-0.15, -0.1) is 0 Å². The molecule has 0 spiro atoms. The van der Waals surface area contributed by atoms with E-state index in [2.05, 4.69) is 10.1 Å². The van der Waals surface area contributed by atoms with Crippen molar-refractivity contribution in [2.45, 2.75) is 25.0 Å². The van der Waals surface area contributed by atoms with Gasteiger partial charge in [-0.3, -0.25) is 9.59 Å². The molecule has 27 heavy (non-hydrogen) atoms. The van der Waals surface area contributed by atoms with E-state index in [0.717, 1.165) is 12.2 Å². The molecule has 1 unspecified atom stereocenters. The number of hydrogen-bond acceptors (Lipinski definition) is 6. The first-order chi connectivity index (χ1) is 13.1. The van der Waals surface area contributed by atoms with E-state index in [1.54, 1.807) is 17.0 Å². The van der Waals surface area contributed by atoms with Gasteiger partial charge in [-0.05, 0) is 25.0 Å². The molecule has 0 saturated carbocycles. The first-order valence-corrected chi connectivity index (χ1v) is 8.80. The van der Waals surface area contributed by atoms with Crippen LogP contribution in [0.1, 0.15) is 12.8 Å². The zero-order valence-electron chi connectivity index (χ0n) is 15.1. The topological polar surface area (TPSA) is 94.2 Å². The summed E-state index contributed by atoms with van der Waals surface area (Å²) in [6, 6.07) is 7.21. The van der Waals surface area contributed by atoms with Crippen molar-refractivity contribution in [3.05, 3.63) is 36.4 Å². The fourth-order valence-electron chi connectivity index (χ4n) is 3.05. The van der Waals surface area contributed by atoms with Gasteiger partial charge in [0.25, 0.3) is 5.91 Å². The van der Waals surface area contributed by atoms with Crippen LogP contribution in [0.4, 0.5) is 0 Å². The van der Waals surface area contributed by atoms with Gasteiger partial charge in [0.05, 0.1) is 7.11 Å². The maximum Gasteiger partial charge on any atom is 0.330 e. The minimum atomic E-state index is -0.658. The van der Waals surface area contributed by atoms with Crippen LogP contribution in [0.2, 0.25) is 0 Å². The van der Waals surface area contributed by atoms with Crippen molar-refractivity contribution in [2.75, 3.05) is 26.8 Å². The average molecular weight is 374 g/mol. The fraction of sp³-hybridized carbons (Fsp3) is 0.421. The third-order valence-corrected chi connectivity index (χ3v) is 4.51. The highest BCUT2D eigenvalue weighted by Gasteiger charge is 2.33. The quantitative estimate of drug-likeness (QED) is 0.615. The number of fused-ring (bicyclic) bond motifs is 1. The molecular weight excluding hydrogens is 352 g/mol. The number of nitrogens with one attached hydrogen (secondary N) is 1. The molecule has 2 aliphatic heterocycles. The van der Waals surface area contributed by atoms with Crippen LogP contribution in [-0.2, 0) is 19.1 Å². The van der Waals surface area contributed by atoms with Gasteiger partial charge >= 0.3 is 5.97 Å². The van der Waals surface area contributed by atoms with E-state index in [1.807, 2.05) is 12.1 Å². The minimum absolute atomic E-state index is 0.0481. The van der Waals surface area contributed by atoms with Crippen LogP contribution in [0.3, 0.4) is 0 Å². The van der Waals surface area contributed by atoms with Gasteiger partial charge in [-0.2, -0.15) is 0 Å². The zero-order valence-corrected chi connectivity index (χ0v) is 15.1. The van der Waals surface area contributed by atoms with Crippen molar-refractivity contribution in [1.82, 2.24) is 10.2 Å². The molecule has 1 N–H and O–H groups in total. The summed E-state index contributed by atoms with van der Waals surface area (Å²) in [5, 5.41) is 2.82. The molecule has 0 bridgehead atoms. The Bertz CT molecular complexity index is 739. The van der Waals surface area contributed by atoms with E-state index in [-0.39, 0.29) is 24.5 Å². The smallest absolute Gasteiger partial charge is 0.330 e. The predicted molar refractivity (Wildman–Crippen MR) is 95.3 cm³/mol. The lowest BCUT2D eigenvalue weighted by molar-refractivity contribution is -0.142. The average Bonchev–Trinajstić information content (AvgIpc) is 2.71. The Morgan fingerprint density at radius 2 is 1.85 bits per heavy atom. The summed E-state index contributed by atoms with van der Waals surface area (Å²) in [6.45, 7) is 1.23. The standard InChI is InChI=1S/C19H22N2O6/c1-25-18(23)7-6-17(22)20-13-8-10-21(11-9-13)19(24)16-12-26-14-4-2-3-5-15(14)27-16/h2-7,13,16H,8-12H2,1H3,(H,20,22)/b7-6+. The van der Waals surface area contributed by atoms with Crippen LogP contribution in [0.25, 0.3) is 0 Å². The second kappa shape index (κ2) is 8.57. The van der Waals surface area contributed by atoms with E-state index in [0.29, 0.717) is 37.4 Å². The van der Waals surface area contributed by atoms with E-state index < -0.39 is 12.1 Å². The summed E-state index contributed by atoms with van der Waals surface area (Å²) in [6.07, 6.45) is 2.83. The highest BCUT2D eigenvalue weighted by atomic mass is 16.6. The number of piperidine rings is 1. The van der Waals surface area contributed by atoms with Crippen LogP contribution in [0.5, 0.6) is 11.5 Å². The number of ether oxygens (including phenoxy) is 3. The van der Waals surface area contributed by atoms with Crippen LogP contribution in [0, 0.1) is 0 Å². The summed E-state index contributed by atoms with van der Waals surface area (Å²) in [7, 11) is 1.25. The Morgan fingerprint density at radius 1 is 1.15 bits per heavy atom. The first-order valence-electron chi connectivity index (χ1n) is 8.80. The minimum Gasteiger partial charge on any atom is -0.485 e. The SMILES string of the molecule is COC(=O)/C=C/C(=O)NC1CCN(C(=O)C2COc3ccccc3O2)CC1. The Hall–Kier alpha value is -3.03. The van der Waals surface area contributed by atoms with Crippen LogP contribution in [-0.4, -0.2) is 61.6 Å². The second-order valence-corrected chi connectivity index (χ2v) is 6.33. The number of likely N-dealkylation sites (tertiary alicyclic amines) is 1. The fourth-order valence-corrected chi connectivity index (χ4v) is 3.05. The normalized spacial score (nSPS) is 19.6. The number of amides is 2. The zero-order chi connectivity index (χ0) is 19.2. The summed E-state index contributed by atoms with van der Waals surface area (Å²) >= 11 is 0. The molecule has 0 aromatic heterocycles. The Kier molecular flexibility index (Phi) is 5.95. The second-order valence-electron chi connectivity index (χ2n) is 6.33. The van der Waals surface area contributed by atoms with Gasteiger partial charge in [0.2, 0.25) is 12.0 Å². The van der Waals surface area contributed by atoms with Gasteiger partial charge in [-0.1, -0.05) is 12.1 Å². The predicted octanol–water partition coefficient (Wildman–Crippen LogP) is 0.663. The number of carbonyl (C=O) groups excluding carboxylic acids is 3. The maximum absolute atomic E-state index is 12.7. The highest BCUT2D eigenvalue weighted by Crippen LogP contribution is 2.31. The van der Waals surface area contributed by atoms with Gasteiger partial charge in [0.15, 0.2) is 11.5 Å². The Morgan fingerprint density at radius 3 is 2.56 bits per heavy atom. The van der Waals surface area contributed by atoms with Crippen molar-refractivity contribution >= 4 is 17.8 Å². The largest absolute Gasteiger partial charge is 0.485 e. The Labute approximate surface area is 157 Å². The molecule has 0 radical (unpaired) electrons. The molecule has 144 valence electrons. The molecule has 1 aromatic carbocycles. The molecule has 0 aliphatic carbocycles. The van der Waals surface area contributed by atoms with Crippen molar-refractivity contribution < 1.29 is 28.6 Å². The summed E-state index contributed by atoms with van der Waals surface area (Å²) < 4.78 is 15.8. The number of nitrogens with zero attached hydrogens (tertiary/aromatic N) is 1. The molecular formula is C19H22N2O6. The summed E-state index contributed by atoms with van der Waals surface area (Å²) in [4.78, 5) is 37.2. The first kappa shape index (κ1) is 18.8. The van der Waals surface area contributed by atoms with E-state index in [1.165, 1.54) is 7.11 Å². The molecule has 2 amide bonds. The molecule has 1 fully saturated rings. The van der Waals surface area contributed by atoms with Gasteiger partial charge in [0, 0.05) is 31.3 Å². The number of rotatable bonds is 4. The van der Waals surface area contributed by atoms with E-state index >= 15 is 0 Å². The van der Waals surface area contributed by atoms with Crippen LogP contribution in [0.15, 0.2) is 36.4 Å². The van der Waals surface area contributed by atoms with Crippen molar-refractivity contribution in [1.29, 1.82) is 0 Å². The molecule has 1 aromatic rings. The number of esters is 1. The molecule has 1 saturated heterocycles. The van der Waals surface area contributed by atoms with Crippen molar-refractivity contribution in [3.63, 3.8) is 0 Å². The van der Waals surface area contributed by atoms with Crippen molar-refractivity contribution in [3.8, 4) is 11.5 Å². The van der Waals surface area contributed by atoms with E-state index in [4.69, 9.17) is 9.47 Å². The number of para-hydroxylation sites is 2. The summed E-state index contributed by atoms with van der Waals surface area (Å²) in [5.74, 6) is 0.164. The van der Waals surface area contributed by atoms with Crippen LogP contribution < -0.4 is 14.8 Å². The Balaban J connectivity index is 1.46. The maximum atomic E-state index is 12.7. The number of carbonyl (C=O) groups is 3. The lowest BCUT2D eigenvalue weighted by Crippen LogP contribution is -2.51. The molecule has 3 rings (SSSR count). The third-order valence-electron chi connectivity index (χ3n) is 4.51. The lowest BCUT2D eigenvalue weighted by Gasteiger charge is -2.35. The number of methoxy groups -OCH3 is 1. The van der Waals surface area contributed by atoms with Gasteiger partial charge in [0.1, 0.15) is 6.61 Å². The monoisotopic (exact) mass is 374 g/mol. The molecule has 2 aliphatic rings. The number of hydrogen-bond donors (Lipinski definition) is 1. The third kappa shape index (κ3) is 4.78. The molecule has 2 heterocycles. The molecule has 1 atom stereocenters. The van der Waals surface area contributed by atoms with Gasteiger partial charge < -0.3 is 24.4 Å². The van der Waals surface area contributed by atoms with Crippen molar-refractivity contribution in [2.24, 2.45) is 0 Å². The van der Waals surface area contributed by atoms with Gasteiger partial charge in [-0.25, -0.2) is 4.79 Å². The summed E-state index contributed by atoms with van der Waals surface area (Å²) in [5.41, 5.74) is 0. The lowest BCUT2D eigenvalue weighted by atomic mass is 10.0. The molecule has 8 nitrogen and oxygen atoms in total.